The predicted octanol–water partition coefficient (Wildman–Crippen LogP) is 9.11. The molecule has 0 aliphatic carbocycles. The molecule has 0 unspecified atom stereocenters. The summed E-state index contributed by atoms with van der Waals surface area (Å²) >= 11 is 1.55. The first kappa shape index (κ1) is 43.9. The number of carbonyl (C=O) groups is 2. The molecule has 0 bridgehead atoms. The van der Waals surface area contributed by atoms with Crippen LogP contribution < -0.4 is 15.1 Å². The smallest absolute Gasteiger partial charge is 0.247 e. The molecule has 9 aromatic rings. The number of carbonyl (C=O) groups excluding carboxylic acids is 2. The van der Waals surface area contributed by atoms with Crippen molar-refractivity contribution in [1.82, 2.24) is 40.7 Å². The number of amides is 2. The normalized spacial score (nSPS) is 13.6. The molecule has 7 heterocycles. The Morgan fingerprint density at radius 3 is 1.65 bits per heavy atom. The molecule has 0 fully saturated rings. The van der Waals surface area contributed by atoms with E-state index in [1.54, 1.807) is 41.6 Å². The maximum Gasteiger partial charge on any atom is 0.247 e. The molecule has 2 aliphatic heterocycles. The maximum atomic E-state index is 14.1. The van der Waals surface area contributed by atoms with E-state index >= 15 is 0 Å². The zero-order valence-electron chi connectivity index (χ0n) is 37.2. The van der Waals surface area contributed by atoms with Crippen molar-refractivity contribution in [3.63, 3.8) is 0 Å². The molecule has 0 radical (unpaired) electrons. The molecular weight excluding hydrogens is 873 g/mol. The fraction of sp³-hybridized carbons (Fsp3) is 0.189. The number of nitrogens with zero attached hydrogens (tertiary/aromatic N) is 9. The average Bonchev–Trinajstić information content (AvgIpc) is 4.27. The van der Waals surface area contributed by atoms with Gasteiger partial charge in [0.15, 0.2) is 0 Å². The van der Waals surface area contributed by atoms with Gasteiger partial charge in [0.25, 0.3) is 0 Å². The van der Waals surface area contributed by atoms with E-state index in [9.17, 15) is 9.59 Å². The van der Waals surface area contributed by atoms with Gasteiger partial charge in [0, 0.05) is 78.2 Å². The van der Waals surface area contributed by atoms with E-state index in [1.807, 2.05) is 82.8 Å². The number of fused-ring (bicyclic) bond motifs is 2. The van der Waals surface area contributed by atoms with E-state index in [1.165, 1.54) is 18.4 Å². The molecule has 338 valence electrons. The fourth-order valence-electron chi connectivity index (χ4n) is 9.01. The van der Waals surface area contributed by atoms with Gasteiger partial charge in [0.1, 0.15) is 0 Å². The van der Waals surface area contributed by atoms with Crippen LogP contribution in [0.15, 0.2) is 166 Å². The highest BCUT2D eigenvalue weighted by atomic mass is 32.1. The van der Waals surface area contributed by atoms with Crippen LogP contribution in [0.3, 0.4) is 0 Å². The number of thiazole rings is 1. The van der Waals surface area contributed by atoms with Crippen LogP contribution in [0.4, 0.5) is 11.4 Å². The van der Waals surface area contributed by atoms with E-state index in [2.05, 4.69) is 89.2 Å². The van der Waals surface area contributed by atoms with Crippen molar-refractivity contribution >= 4 is 34.5 Å². The second-order valence-electron chi connectivity index (χ2n) is 16.7. The van der Waals surface area contributed by atoms with E-state index in [4.69, 9.17) is 8.83 Å². The van der Waals surface area contributed by atoms with Crippen molar-refractivity contribution in [2.75, 3.05) is 22.9 Å². The van der Waals surface area contributed by atoms with Crippen LogP contribution in [0.2, 0.25) is 0 Å². The first-order valence-electron chi connectivity index (χ1n) is 22.5. The summed E-state index contributed by atoms with van der Waals surface area (Å²) in [4.78, 5) is 44.0. The Bertz CT molecular complexity index is 3090. The summed E-state index contributed by atoms with van der Waals surface area (Å²) in [5.41, 5.74) is 14.6. The first-order valence-corrected chi connectivity index (χ1v) is 23.4. The number of hydrogen-bond donors (Lipinski definition) is 1. The van der Waals surface area contributed by atoms with Crippen molar-refractivity contribution in [3.05, 3.63) is 186 Å². The molecule has 5 aromatic heterocycles. The van der Waals surface area contributed by atoms with Crippen molar-refractivity contribution in [2.24, 2.45) is 5.92 Å². The van der Waals surface area contributed by atoms with Gasteiger partial charge in [-0.05, 0) is 119 Å². The number of benzene rings is 4. The summed E-state index contributed by atoms with van der Waals surface area (Å²) in [6, 6.07) is 35.9. The third-order valence-electron chi connectivity index (χ3n) is 12.3. The molecule has 0 spiro atoms. The van der Waals surface area contributed by atoms with Crippen LogP contribution in [0.25, 0.3) is 45.2 Å². The fourth-order valence-corrected chi connectivity index (χ4v) is 9.57. The van der Waals surface area contributed by atoms with Crippen molar-refractivity contribution in [2.45, 2.75) is 45.2 Å². The summed E-state index contributed by atoms with van der Waals surface area (Å²) in [7, 11) is 0. The van der Waals surface area contributed by atoms with Gasteiger partial charge in [0.2, 0.25) is 36.4 Å². The second kappa shape index (κ2) is 20.2. The molecule has 15 heteroatoms. The van der Waals surface area contributed by atoms with Crippen LogP contribution in [0, 0.1) is 5.92 Å². The lowest BCUT2D eigenvalue weighted by Gasteiger charge is -2.25. The Morgan fingerprint density at radius 2 is 1.16 bits per heavy atom. The summed E-state index contributed by atoms with van der Waals surface area (Å²) in [5, 5.41) is 21.5. The maximum absolute atomic E-state index is 14.1. The van der Waals surface area contributed by atoms with Gasteiger partial charge in [-0.15, -0.1) is 31.7 Å². The minimum atomic E-state index is -0.411. The highest BCUT2D eigenvalue weighted by molar-refractivity contribution is 7.07. The Morgan fingerprint density at radius 1 is 0.647 bits per heavy atom. The van der Waals surface area contributed by atoms with Crippen molar-refractivity contribution in [1.29, 1.82) is 0 Å². The number of pyridine rings is 2. The van der Waals surface area contributed by atoms with Gasteiger partial charge in [-0.2, -0.15) is 0 Å². The van der Waals surface area contributed by atoms with Gasteiger partial charge >= 0.3 is 0 Å². The van der Waals surface area contributed by atoms with Crippen LogP contribution >= 0.6 is 11.3 Å². The van der Waals surface area contributed by atoms with Gasteiger partial charge in [-0.3, -0.25) is 24.9 Å². The highest BCUT2D eigenvalue weighted by Crippen LogP contribution is 2.42. The third kappa shape index (κ3) is 9.61. The monoisotopic (exact) mass is 918 g/mol. The van der Waals surface area contributed by atoms with Crippen LogP contribution in [0.1, 0.15) is 34.9 Å². The lowest BCUT2D eigenvalue weighted by Crippen LogP contribution is -2.47. The Kier molecular flexibility index (Phi) is 13.1. The predicted molar refractivity (Wildman–Crippen MR) is 260 cm³/mol. The van der Waals surface area contributed by atoms with E-state index < -0.39 is 6.04 Å². The molecule has 1 N–H and O–H groups in total. The van der Waals surface area contributed by atoms with E-state index in [0.29, 0.717) is 50.7 Å². The minimum Gasteiger partial charge on any atom is -0.423 e. The number of aromatic nitrogens is 7. The number of rotatable bonds is 13. The molecular formula is C53H46N10O4S. The summed E-state index contributed by atoms with van der Waals surface area (Å²) in [5.74, 6) is 0.958. The lowest BCUT2D eigenvalue weighted by molar-refractivity contribution is -0.122. The zero-order chi connectivity index (χ0) is 46.2. The van der Waals surface area contributed by atoms with Crippen LogP contribution in [-0.4, -0.2) is 66.3 Å². The third-order valence-corrected chi connectivity index (χ3v) is 13.0. The molecule has 11 rings (SSSR count). The lowest BCUT2D eigenvalue weighted by atomic mass is 9.97. The van der Waals surface area contributed by atoms with E-state index in [-0.39, 0.29) is 17.7 Å². The molecule has 2 aliphatic rings. The topological polar surface area (TPSA) is 169 Å². The summed E-state index contributed by atoms with van der Waals surface area (Å²) in [6.07, 6.45) is 12.5. The quantitative estimate of drug-likeness (QED) is 0.117. The number of anilines is 2. The minimum absolute atomic E-state index is 0.0289. The molecule has 4 aromatic carbocycles. The second-order valence-corrected chi connectivity index (χ2v) is 17.4. The van der Waals surface area contributed by atoms with Gasteiger partial charge in [-0.1, -0.05) is 67.6 Å². The van der Waals surface area contributed by atoms with Gasteiger partial charge in [0.05, 0.1) is 17.2 Å². The standard InChI is InChI=1S/C28H24N6O2S.C25H22N4O2/c35-28(25(12-19-4-2-1-3-5-19)30-15-22-16-37-18-31-22)34-11-8-23-24(27-33-32-17-36-27)13-21(14-26(23)34)20-6-9-29-10-7-20;1-17(13-18-5-3-2-4-6-18)25(30)29-12-9-21-22(24-28-27-16-31-24)14-20(15-23(21)29)19-7-10-26-11-8-19/h1-7,9-10,13-14,16-18,25,30H,8,11-12,15H2;2-8,10-11,14-17H,9,12-13H2,1H3/t25-;17-/m00/s1. The van der Waals surface area contributed by atoms with E-state index in [0.717, 1.165) is 73.6 Å². The number of nitrogens with one attached hydrogen (secondary N) is 1. The first-order chi connectivity index (χ1) is 33.5. The Balaban J connectivity index is 0.000000161. The molecule has 0 saturated carbocycles. The molecule has 68 heavy (non-hydrogen) atoms. The zero-order valence-corrected chi connectivity index (χ0v) is 38.0. The summed E-state index contributed by atoms with van der Waals surface area (Å²) in [6.45, 7) is 3.75. The Hall–Kier alpha value is -8.01. The summed E-state index contributed by atoms with van der Waals surface area (Å²) < 4.78 is 11.1. The van der Waals surface area contributed by atoms with Gasteiger partial charge in [-0.25, -0.2) is 4.98 Å². The van der Waals surface area contributed by atoms with Crippen LogP contribution in [-0.2, 0) is 41.8 Å². The molecule has 2 atom stereocenters. The van der Waals surface area contributed by atoms with Crippen molar-refractivity contribution in [3.8, 4) is 45.2 Å². The average molecular weight is 919 g/mol. The van der Waals surface area contributed by atoms with Gasteiger partial charge < -0.3 is 18.6 Å². The van der Waals surface area contributed by atoms with Crippen LogP contribution in [0.5, 0.6) is 0 Å². The van der Waals surface area contributed by atoms with Crippen molar-refractivity contribution < 1.29 is 18.4 Å². The Labute approximate surface area is 396 Å². The molecule has 0 saturated heterocycles. The SMILES string of the molecule is C[C@@H](Cc1ccccc1)C(=O)N1CCc2c(-c3nnco3)cc(-c3ccncc3)cc21.O=C([C@H](Cc1ccccc1)NCc1cscn1)N1CCc2c(-c3nnco3)cc(-c3ccncc3)cc21. The molecule has 14 nitrogen and oxygen atoms in total. The highest BCUT2D eigenvalue weighted by Gasteiger charge is 2.34. The number of hydrogen-bond acceptors (Lipinski definition) is 13. The molecule has 2 amide bonds. The largest absolute Gasteiger partial charge is 0.423 e.